The highest BCUT2D eigenvalue weighted by molar-refractivity contribution is 5.89. The van der Waals surface area contributed by atoms with E-state index in [2.05, 4.69) is 10.4 Å². The number of nitrogens with one attached hydrogen (secondary N) is 1. The number of hydrogen-bond acceptors (Lipinski definition) is 4. The minimum Gasteiger partial charge on any atom is -0.380 e. The van der Waals surface area contributed by atoms with Crippen LogP contribution in [0.1, 0.15) is 38.3 Å². The van der Waals surface area contributed by atoms with Crippen molar-refractivity contribution in [2.45, 2.75) is 44.5 Å². The lowest BCUT2D eigenvalue weighted by molar-refractivity contribution is -0.271. The summed E-state index contributed by atoms with van der Waals surface area (Å²) in [5.41, 5.74) is -2.60. The second kappa shape index (κ2) is 6.32. The van der Waals surface area contributed by atoms with Crippen molar-refractivity contribution >= 4 is 11.8 Å². The van der Waals surface area contributed by atoms with Crippen LogP contribution < -0.4 is 5.32 Å². The SMILES string of the molecule is CC(C)n1cc(C#N)c(NC(=O)N2CCC(O)(C(F)(F)F)CC2)n1. The molecule has 1 aromatic rings. The van der Waals surface area contributed by atoms with Gasteiger partial charge in [0, 0.05) is 38.2 Å². The van der Waals surface area contributed by atoms with Crippen LogP contribution in [0.5, 0.6) is 0 Å². The molecule has 2 heterocycles. The average Bonchev–Trinajstić information content (AvgIpc) is 2.90. The summed E-state index contributed by atoms with van der Waals surface area (Å²) in [7, 11) is 0. The van der Waals surface area contributed by atoms with Crippen molar-refractivity contribution < 1.29 is 23.1 Å². The van der Waals surface area contributed by atoms with Crippen LogP contribution in [0, 0.1) is 11.3 Å². The molecule has 0 unspecified atom stereocenters. The number of carbonyl (C=O) groups excluding carboxylic acids is 1. The maximum atomic E-state index is 12.8. The number of anilines is 1. The van der Waals surface area contributed by atoms with Gasteiger partial charge in [-0.1, -0.05) is 0 Å². The Hall–Kier alpha value is -2.28. The molecule has 1 fully saturated rings. The summed E-state index contributed by atoms with van der Waals surface area (Å²) < 4.78 is 39.8. The van der Waals surface area contributed by atoms with Crippen LogP contribution in [0.15, 0.2) is 6.20 Å². The third-order valence-electron chi connectivity index (χ3n) is 4.01. The normalized spacial score (nSPS) is 17.7. The van der Waals surface area contributed by atoms with Crippen LogP contribution in [0.2, 0.25) is 0 Å². The number of urea groups is 1. The van der Waals surface area contributed by atoms with Gasteiger partial charge in [0.05, 0.1) is 0 Å². The molecule has 10 heteroatoms. The van der Waals surface area contributed by atoms with E-state index in [9.17, 15) is 23.1 Å². The number of aromatic nitrogens is 2. The minimum absolute atomic E-state index is 0.0143. The zero-order chi connectivity index (χ0) is 18.1. The van der Waals surface area contributed by atoms with Gasteiger partial charge in [0.15, 0.2) is 11.4 Å². The molecule has 0 spiro atoms. The number of aliphatic hydroxyl groups is 1. The van der Waals surface area contributed by atoms with Crippen molar-refractivity contribution in [1.82, 2.24) is 14.7 Å². The van der Waals surface area contributed by atoms with Crippen molar-refractivity contribution in [3.63, 3.8) is 0 Å². The van der Waals surface area contributed by atoms with Crippen LogP contribution >= 0.6 is 0 Å². The van der Waals surface area contributed by atoms with E-state index >= 15 is 0 Å². The fourth-order valence-corrected chi connectivity index (χ4v) is 2.37. The van der Waals surface area contributed by atoms with E-state index < -0.39 is 30.7 Å². The average molecular weight is 345 g/mol. The number of hydrogen-bond donors (Lipinski definition) is 2. The predicted octanol–water partition coefficient (Wildman–Crippen LogP) is 2.26. The molecule has 1 aliphatic rings. The molecular weight excluding hydrogens is 327 g/mol. The van der Waals surface area contributed by atoms with Crippen LogP contribution in [0.4, 0.5) is 23.8 Å². The Morgan fingerprint density at radius 3 is 2.50 bits per heavy atom. The zero-order valence-electron chi connectivity index (χ0n) is 13.3. The highest BCUT2D eigenvalue weighted by Crippen LogP contribution is 2.38. The second-order valence-electron chi connectivity index (χ2n) is 6.02. The number of likely N-dealkylation sites (tertiary alicyclic amines) is 1. The van der Waals surface area contributed by atoms with Crippen LogP contribution in [0.25, 0.3) is 0 Å². The monoisotopic (exact) mass is 345 g/mol. The molecule has 1 aromatic heterocycles. The second-order valence-corrected chi connectivity index (χ2v) is 6.02. The van der Waals surface area contributed by atoms with E-state index in [1.54, 1.807) is 0 Å². The molecule has 0 saturated carbocycles. The summed E-state index contributed by atoms with van der Waals surface area (Å²) in [6, 6.07) is 1.24. The third-order valence-corrected chi connectivity index (χ3v) is 4.01. The van der Waals surface area contributed by atoms with Crippen molar-refractivity contribution in [3.05, 3.63) is 11.8 Å². The van der Waals surface area contributed by atoms with Gasteiger partial charge in [-0.15, -0.1) is 0 Å². The molecule has 24 heavy (non-hydrogen) atoms. The Morgan fingerprint density at radius 1 is 1.46 bits per heavy atom. The number of alkyl halides is 3. The van der Waals surface area contributed by atoms with Gasteiger partial charge in [0.25, 0.3) is 0 Å². The number of rotatable bonds is 2. The predicted molar refractivity (Wildman–Crippen MR) is 78.2 cm³/mol. The van der Waals surface area contributed by atoms with Gasteiger partial charge in [-0.3, -0.25) is 10.00 Å². The van der Waals surface area contributed by atoms with Crippen molar-refractivity contribution in [2.24, 2.45) is 0 Å². The van der Waals surface area contributed by atoms with Gasteiger partial charge in [0.2, 0.25) is 0 Å². The highest BCUT2D eigenvalue weighted by Gasteiger charge is 2.54. The first-order valence-corrected chi connectivity index (χ1v) is 7.41. The first-order chi connectivity index (χ1) is 11.1. The third kappa shape index (κ3) is 3.46. The smallest absolute Gasteiger partial charge is 0.380 e. The molecule has 2 N–H and O–H groups in total. The van der Waals surface area contributed by atoms with Crippen LogP contribution in [0.3, 0.4) is 0 Å². The molecular formula is C14H18F3N5O2. The Labute approximate surface area is 136 Å². The molecule has 0 radical (unpaired) electrons. The van der Waals surface area contributed by atoms with Gasteiger partial charge in [-0.25, -0.2) is 4.79 Å². The number of nitrogens with zero attached hydrogens (tertiary/aromatic N) is 4. The van der Waals surface area contributed by atoms with E-state index in [1.165, 1.54) is 10.9 Å². The maximum Gasteiger partial charge on any atom is 0.417 e. The largest absolute Gasteiger partial charge is 0.417 e. The first-order valence-electron chi connectivity index (χ1n) is 7.41. The fourth-order valence-electron chi connectivity index (χ4n) is 2.37. The Bertz CT molecular complexity index is 654. The molecule has 0 aromatic carbocycles. The first kappa shape index (κ1) is 18.1. The molecule has 1 aliphatic heterocycles. The Balaban J connectivity index is 2.04. The molecule has 2 rings (SSSR count). The van der Waals surface area contributed by atoms with Gasteiger partial charge in [-0.2, -0.15) is 23.5 Å². The van der Waals surface area contributed by atoms with Crippen LogP contribution in [-0.2, 0) is 0 Å². The van der Waals surface area contributed by atoms with Gasteiger partial charge in [-0.05, 0) is 13.8 Å². The fraction of sp³-hybridized carbons (Fsp3) is 0.643. The number of halogens is 3. The minimum atomic E-state index is -4.72. The summed E-state index contributed by atoms with van der Waals surface area (Å²) in [5, 5.41) is 25.2. The molecule has 0 aliphatic carbocycles. The van der Waals surface area contributed by atoms with Gasteiger partial charge in [0.1, 0.15) is 11.6 Å². The summed E-state index contributed by atoms with van der Waals surface area (Å²) >= 11 is 0. The molecule has 7 nitrogen and oxygen atoms in total. The lowest BCUT2D eigenvalue weighted by Crippen LogP contribution is -2.55. The van der Waals surface area contributed by atoms with E-state index in [0.29, 0.717) is 0 Å². The topological polar surface area (TPSA) is 94.2 Å². The Kier molecular flexibility index (Phi) is 4.75. The van der Waals surface area contributed by atoms with Crippen LogP contribution in [-0.4, -0.2) is 50.7 Å². The molecule has 132 valence electrons. The summed E-state index contributed by atoms with van der Waals surface area (Å²) in [6.45, 7) is 3.22. The van der Waals surface area contributed by atoms with E-state index in [4.69, 9.17) is 5.26 Å². The number of piperidine rings is 1. The highest BCUT2D eigenvalue weighted by atomic mass is 19.4. The van der Waals surface area contributed by atoms with Gasteiger partial charge >= 0.3 is 12.2 Å². The zero-order valence-corrected chi connectivity index (χ0v) is 13.3. The molecule has 2 amide bonds. The lowest BCUT2D eigenvalue weighted by Gasteiger charge is -2.38. The van der Waals surface area contributed by atoms with Crippen molar-refractivity contribution in [1.29, 1.82) is 5.26 Å². The summed E-state index contributed by atoms with van der Waals surface area (Å²) in [4.78, 5) is 13.3. The summed E-state index contributed by atoms with van der Waals surface area (Å²) in [5.74, 6) is 0.0628. The molecule has 0 bridgehead atoms. The standard InChI is InChI=1S/C14H18F3N5O2/c1-9(2)22-8-10(7-18)11(20-22)19-12(23)21-5-3-13(24,4-6-21)14(15,16)17/h8-9,24H,3-6H2,1-2H3,(H,19,20,23). The maximum absolute atomic E-state index is 12.8. The molecule has 1 saturated heterocycles. The number of amides is 2. The van der Waals surface area contributed by atoms with Crippen molar-refractivity contribution in [2.75, 3.05) is 18.4 Å². The number of nitriles is 1. The van der Waals surface area contributed by atoms with E-state index in [1.807, 2.05) is 19.9 Å². The number of carbonyl (C=O) groups is 1. The van der Waals surface area contributed by atoms with E-state index in [0.717, 1.165) is 4.90 Å². The van der Waals surface area contributed by atoms with Gasteiger partial charge < -0.3 is 10.0 Å². The quantitative estimate of drug-likeness (QED) is 0.860. The van der Waals surface area contributed by atoms with Crippen molar-refractivity contribution in [3.8, 4) is 6.07 Å². The van der Waals surface area contributed by atoms with E-state index in [-0.39, 0.29) is 30.5 Å². The lowest BCUT2D eigenvalue weighted by atomic mass is 9.91. The summed E-state index contributed by atoms with van der Waals surface area (Å²) in [6.07, 6.45) is -4.41. The molecule has 0 atom stereocenters. The Morgan fingerprint density at radius 2 is 2.04 bits per heavy atom.